The van der Waals surface area contributed by atoms with Crippen molar-refractivity contribution in [1.82, 2.24) is 15.3 Å². The maximum absolute atomic E-state index is 12.0. The lowest BCUT2D eigenvalue weighted by atomic mass is 10.1. The van der Waals surface area contributed by atoms with E-state index in [4.69, 9.17) is 0 Å². The predicted molar refractivity (Wildman–Crippen MR) is 73.9 cm³/mol. The molecule has 98 valence electrons. The van der Waals surface area contributed by atoms with Gasteiger partial charge >= 0.3 is 0 Å². The van der Waals surface area contributed by atoms with Crippen molar-refractivity contribution >= 4 is 11.7 Å². The third-order valence-electron chi connectivity index (χ3n) is 2.82. The lowest BCUT2D eigenvalue weighted by Gasteiger charge is -2.07. The Balaban J connectivity index is 2.03. The van der Waals surface area contributed by atoms with E-state index < -0.39 is 0 Å². The number of hydrogen-bond acceptors (Lipinski definition) is 4. The van der Waals surface area contributed by atoms with Gasteiger partial charge in [-0.05, 0) is 36.2 Å². The van der Waals surface area contributed by atoms with Crippen molar-refractivity contribution in [3.63, 3.8) is 0 Å². The van der Waals surface area contributed by atoms with Gasteiger partial charge in [0.1, 0.15) is 11.5 Å². The zero-order valence-electron chi connectivity index (χ0n) is 11.0. The zero-order chi connectivity index (χ0) is 13.7. The minimum absolute atomic E-state index is 0.194. The van der Waals surface area contributed by atoms with Crippen LogP contribution in [0.3, 0.4) is 0 Å². The lowest BCUT2D eigenvalue weighted by molar-refractivity contribution is 0.0946. The summed E-state index contributed by atoms with van der Waals surface area (Å²) in [5.41, 5.74) is 2.50. The maximum atomic E-state index is 12.0. The number of hydrogen-bond donors (Lipinski definition) is 2. The number of aromatic nitrogens is 2. The highest BCUT2D eigenvalue weighted by molar-refractivity contribution is 5.92. The van der Waals surface area contributed by atoms with E-state index >= 15 is 0 Å². The molecule has 0 radical (unpaired) electrons. The largest absolute Gasteiger partial charge is 0.373 e. The molecule has 0 aliphatic heterocycles. The first kappa shape index (κ1) is 13.0. The number of carbonyl (C=O) groups excluding carboxylic acids is 1. The molecule has 0 aliphatic rings. The van der Waals surface area contributed by atoms with E-state index in [1.165, 1.54) is 0 Å². The number of pyridine rings is 2. The van der Waals surface area contributed by atoms with Crippen molar-refractivity contribution in [2.75, 3.05) is 12.4 Å². The van der Waals surface area contributed by atoms with Crippen molar-refractivity contribution in [1.29, 1.82) is 0 Å². The van der Waals surface area contributed by atoms with Crippen LogP contribution in [0.4, 0.5) is 5.82 Å². The predicted octanol–water partition coefficient (Wildman–Crippen LogP) is 1.76. The molecule has 0 fully saturated rings. The average molecular weight is 256 g/mol. The fourth-order valence-corrected chi connectivity index (χ4v) is 1.65. The Hall–Kier alpha value is -2.43. The van der Waals surface area contributed by atoms with Crippen LogP contribution in [0.1, 0.15) is 21.6 Å². The Bertz CT molecular complexity index is 583. The molecule has 2 N–H and O–H groups in total. The molecule has 19 heavy (non-hydrogen) atoms. The number of nitrogens with one attached hydrogen (secondary N) is 2. The van der Waals surface area contributed by atoms with E-state index in [-0.39, 0.29) is 5.91 Å². The highest BCUT2D eigenvalue weighted by atomic mass is 16.1. The third-order valence-corrected chi connectivity index (χ3v) is 2.82. The molecule has 0 aliphatic carbocycles. The van der Waals surface area contributed by atoms with Gasteiger partial charge in [-0.1, -0.05) is 6.07 Å². The van der Waals surface area contributed by atoms with Crippen molar-refractivity contribution < 1.29 is 4.79 Å². The summed E-state index contributed by atoms with van der Waals surface area (Å²) in [7, 11) is 1.77. The van der Waals surface area contributed by atoms with Crippen LogP contribution >= 0.6 is 0 Å². The van der Waals surface area contributed by atoms with Gasteiger partial charge < -0.3 is 10.6 Å². The van der Waals surface area contributed by atoms with Crippen molar-refractivity contribution in [3.8, 4) is 0 Å². The second-order valence-corrected chi connectivity index (χ2v) is 4.14. The topological polar surface area (TPSA) is 66.9 Å². The van der Waals surface area contributed by atoms with Crippen molar-refractivity contribution in [2.24, 2.45) is 0 Å². The summed E-state index contributed by atoms with van der Waals surface area (Å²) < 4.78 is 0. The van der Waals surface area contributed by atoms with Crippen LogP contribution in [0.2, 0.25) is 0 Å². The Morgan fingerprint density at radius 1 is 1.32 bits per heavy atom. The first-order valence-corrected chi connectivity index (χ1v) is 6.03. The molecular weight excluding hydrogens is 240 g/mol. The average Bonchev–Trinajstić information content (AvgIpc) is 2.46. The summed E-state index contributed by atoms with van der Waals surface area (Å²) in [5, 5.41) is 5.74. The molecule has 0 bridgehead atoms. The number of aryl methyl sites for hydroxylation is 1. The van der Waals surface area contributed by atoms with Gasteiger partial charge in [0, 0.05) is 26.0 Å². The monoisotopic (exact) mass is 256 g/mol. The SMILES string of the molecule is CNc1cccc(C(=O)NCc2cnccc2C)n1. The van der Waals surface area contributed by atoms with E-state index in [1.807, 2.05) is 19.1 Å². The van der Waals surface area contributed by atoms with Crippen LogP contribution in [0.15, 0.2) is 36.7 Å². The zero-order valence-corrected chi connectivity index (χ0v) is 11.0. The van der Waals surface area contributed by atoms with Crippen LogP contribution in [-0.4, -0.2) is 22.9 Å². The fraction of sp³-hybridized carbons (Fsp3) is 0.214. The van der Waals surface area contributed by atoms with Crippen LogP contribution in [0.5, 0.6) is 0 Å². The molecule has 0 aromatic carbocycles. The molecule has 2 rings (SSSR count). The van der Waals surface area contributed by atoms with E-state index in [2.05, 4.69) is 20.6 Å². The molecule has 2 aromatic heterocycles. The number of nitrogens with zero attached hydrogens (tertiary/aromatic N) is 2. The van der Waals surface area contributed by atoms with Crippen molar-refractivity contribution in [2.45, 2.75) is 13.5 Å². The van der Waals surface area contributed by atoms with E-state index in [9.17, 15) is 4.79 Å². The summed E-state index contributed by atoms with van der Waals surface area (Å²) in [6, 6.07) is 7.21. The molecular formula is C14H16N4O. The number of rotatable bonds is 4. The highest BCUT2D eigenvalue weighted by Gasteiger charge is 2.08. The van der Waals surface area contributed by atoms with Gasteiger partial charge in [-0.3, -0.25) is 9.78 Å². The summed E-state index contributed by atoms with van der Waals surface area (Å²) in [6.07, 6.45) is 3.49. The standard InChI is InChI=1S/C14H16N4O/c1-10-6-7-16-8-11(10)9-17-14(19)12-4-3-5-13(15-2)18-12/h3-8H,9H2,1-2H3,(H,15,18)(H,17,19). The molecule has 0 unspecified atom stereocenters. The molecule has 0 atom stereocenters. The third kappa shape index (κ3) is 3.28. The van der Waals surface area contributed by atoms with Crippen LogP contribution in [-0.2, 0) is 6.54 Å². The first-order chi connectivity index (χ1) is 9.20. The minimum Gasteiger partial charge on any atom is -0.373 e. The minimum atomic E-state index is -0.194. The van der Waals surface area contributed by atoms with E-state index in [1.54, 1.807) is 31.6 Å². The maximum Gasteiger partial charge on any atom is 0.270 e. The normalized spacial score (nSPS) is 10.0. The van der Waals surface area contributed by atoms with Crippen LogP contribution in [0, 0.1) is 6.92 Å². The summed E-state index contributed by atoms with van der Waals surface area (Å²) in [5.74, 6) is 0.477. The number of amides is 1. The molecule has 5 heteroatoms. The summed E-state index contributed by atoms with van der Waals surface area (Å²) in [4.78, 5) is 20.2. The Morgan fingerprint density at radius 3 is 2.89 bits per heavy atom. The second kappa shape index (κ2) is 5.95. The first-order valence-electron chi connectivity index (χ1n) is 6.03. The van der Waals surface area contributed by atoms with Gasteiger partial charge in [0.15, 0.2) is 0 Å². The molecule has 2 heterocycles. The highest BCUT2D eigenvalue weighted by Crippen LogP contribution is 2.06. The van der Waals surface area contributed by atoms with Gasteiger partial charge in [-0.2, -0.15) is 0 Å². The fourth-order valence-electron chi connectivity index (χ4n) is 1.65. The summed E-state index contributed by atoms with van der Waals surface area (Å²) in [6.45, 7) is 2.44. The molecule has 0 spiro atoms. The van der Waals surface area contributed by atoms with E-state index in [0.29, 0.717) is 18.1 Å². The number of anilines is 1. The quantitative estimate of drug-likeness (QED) is 0.874. The Labute approximate surface area is 112 Å². The van der Waals surface area contributed by atoms with Gasteiger partial charge in [-0.25, -0.2) is 4.98 Å². The molecule has 0 saturated carbocycles. The Kier molecular flexibility index (Phi) is 4.07. The van der Waals surface area contributed by atoms with Gasteiger partial charge in [0.05, 0.1) is 0 Å². The smallest absolute Gasteiger partial charge is 0.270 e. The van der Waals surface area contributed by atoms with Crippen LogP contribution < -0.4 is 10.6 Å². The lowest BCUT2D eigenvalue weighted by Crippen LogP contribution is -2.24. The Morgan fingerprint density at radius 2 is 2.16 bits per heavy atom. The molecule has 2 aromatic rings. The van der Waals surface area contributed by atoms with Crippen LogP contribution in [0.25, 0.3) is 0 Å². The van der Waals surface area contributed by atoms with E-state index in [0.717, 1.165) is 11.1 Å². The van der Waals surface area contributed by atoms with Crippen molar-refractivity contribution in [3.05, 3.63) is 53.5 Å². The van der Waals surface area contributed by atoms with Gasteiger partial charge in [0.25, 0.3) is 5.91 Å². The summed E-state index contributed by atoms with van der Waals surface area (Å²) >= 11 is 0. The molecule has 0 saturated heterocycles. The second-order valence-electron chi connectivity index (χ2n) is 4.14. The van der Waals surface area contributed by atoms with Gasteiger partial charge in [-0.15, -0.1) is 0 Å². The van der Waals surface area contributed by atoms with Gasteiger partial charge in [0.2, 0.25) is 0 Å². The molecule has 5 nitrogen and oxygen atoms in total. The number of carbonyl (C=O) groups is 1. The molecule has 1 amide bonds.